The highest BCUT2D eigenvalue weighted by atomic mass is 35.5. The number of ketones is 1. The predicted molar refractivity (Wildman–Crippen MR) is 273 cm³/mol. The number of nitrogens with zero attached hydrogens (tertiary/aromatic N) is 5. The lowest BCUT2D eigenvalue weighted by Crippen LogP contribution is -2.52. The largest absolute Gasteiger partial charge is 0.356 e. The first kappa shape index (κ1) is 48.8. The van der Waals surface area contributed by atoms with Crippen molar-refractivity contribution in [2.24, 2.45) is 4.99 Å². The minimum absolute atomic E-state index is 0.0106. The van der Waals surface area contributed by atoms with Crippen LogP contribution in [0.25, 0.3) is 17.2 Å². The summed E-state index contributed by atoms with van der Waals surface area (Å²) in [6.07, 6.45) is 3.86. The third-order valence-corrected chi connectivity index (χ3v) is 14.7. The number of piperidine rings is 1. The van der Waals surface area contributed by atoms with Gasteiger partial charge in [0.25, 0.3) is 0 Å². The maximum absolute atomic E-state index is 14.7. The molecule has 2 N–H and O–H groups in total. The number of hydrogen-bond acceptors (Lipinski definition) is 8. The lowest BCUT2D eigenvalue weighted by molar-refractivity contribution is -0.136. The SMILES string of the molecule is Cc1sc2c(c1C)C(c1ccc(Cl)cc1)=N[C@@H](CC(=O)NCCCC(=O)N[C@@H](Cc1ccccc1)C(=O)N1C/C(=C\c3ccc(Cl)c(Cl)c3)C(=O)/C(=C/c3ccc(Cl)c(Cl)c3)C1)c1nnc(C)n1-2. The summed E-state index contributed by atoms with van der Waals surface area (Å²) in [6, 6.07) is 25.2. The van der Waals surface area contributed by atoms with Gasteiger partial charge in [-0.05, 0) is 98.0 Å². The van der Waals surface area contributed by atoms with Crippen LogP contribution < -0.4 is 10.6 Å². The van der Waals surface area contributed by atoms with Crippen LogP contribution in [0.1, 0.15) is 75.2 Å². The first-order valence-corrected chi connectivity index (χ1v) is 24.4. The third kappa shape index (κ3) is 11.1. The van der Waals surface area contributed by atoms with Crippen molar-refractivity contribution < 1.29 is 19.2 Å². The number of thiophene rings is 1. The Labute approximate surface area is 422 Å². The van der Waals surface area contributed by atoms with Crippen molar-refractivity contribution in [3.05, 3.63) is 177 Å². The highest BCUT2D eigenvalue weighted by Gasteiger charge is 2.35. The van der Waals surface area contributed by atoms with Crippen molar-refractivity contribution in [3.63, 3.8) is 0 Å². The van der Waals surface area contributed by atoms with E-state index in [4.69, 9.17) is 63.0 Å². The van der Waals surface area contributed by atoms with Crippen LogP contribution in [0.2, 0.25) is 25.1 Å². The quantitative estimate of drug-likeness (QED) is 0.0873. The van der Waals surface area contributed by atoms with Crippen molar-refractivity contribution in [3.8, 4) is 5.00 Å². The molecule has 11 nitrogen and oxygen atoms in total. The maximum Gasteiger partial charge on any atom is 0.246 e. The van der Waals surface area contributed by atoms with Gasteiger partial charge in [-0.15, -0.1) is 21.5 Å². The van der Waals surface area contributed by atoms with Crippen molar-refractivity contribution in [1.29, 1.82) is 0 Å². The molecular weight excluding hydrogens is 984 g/mol. The molecule has 8 rings (SSSR count). The number of aryl methyl sites for hydroxylation is 2. The van der Waals surface area contributed by atoms with Crippen molar-refractivity contribution in [1.82, 2.24) is 30.3 Å². The van der Waals surface area contributed by atoms with E-state index in [0.29, 0.717) is 65.5 Å². The number of rotatable bonds is 13. The van der Waals surface area contributed by atoms with Gasteiger partial charge < -0.3 is 15.5 Å². The Hall–Kier alpha value is -5.60. The molecule has 6 aromatic rings. The molecule has 2 aliphatic rings. The van der Waals surface area contributed by atoms with Crippen LogP contribution in [0.4, 0.5) is 0 Å². The molecule has 17 heteroatoms. The zero-order valence-corrected chi connectivity index (χ0v) is 41.7. The summed E-state index contributed by atoms with van der Waals surface area (Å²) in [5, 5.41) is 17.7. The van der Waals surface area contributed by atoms with E-state index in [-0.39, 0.29) is 62.4 Å². The monoisotopic (exact) mass is 1030 g/mol. The lowest BCUT2D eigenvalue weighted by Gasteiger charge is -2.33. The van der Waals surface area contributed by atoms with Crippen LogP contribution in [0, 0.1) is 20.8 Å². The third-order valence-electron chi connectivity index (χ3n) is 11.7. The number of Topliss-reactive ketones (excluding diaryl/α,β-unsaturated/α-hetero) is 1. The summed E-state index contributed by atoms with van der Waals surface area (Å²) in [6.45, 7) is 6.16. The zero-order valence-electron chi connectivity index (χ0n) is 37.1. The molecule has 1 fully saturated rings. The van der Waals surface area contributed by atoms with E-state index in [1.165, 1.54) is 0 Å². The molecule has 68 heavy (non-hydrogen) atoms. The normalized spacial score (nSPS) is 16.2. The lowest BCUT2D eigenvalue weighted by atomic mass is 9.93. The van der Waals surface area contributed by atoms with Gasteiger partial charge in [0.15, 0.2) is 11.6 Å². The number of hydrogen-bond donors (Lipinski definition) is 2. The molecule has 1 saturated heterocycles. The molecule has 0 unspecified atom stereocenters. The van der Waals surface area contributed by atoms with Crippen LogP contribution in [0.5, 0.6) is 0 Å². The topological polar surface area (TPSA) is 139 Å². The average molecular weight is 1030 g/mol. The fourth-order valence-corrected chi connectivity index (χ4v) is 10.1. The highest BCUT2D eigenvalue weighted by Crippen LogP contribution is 2.40. The number of carbonyl (C=O) groups excluding carboxylic acids is 4. The Kier molecular flexibility index (Phi) is 15.3. The van der Waals surface area contributed by atoms with Gasteiger partial charge in [-0.3, -0.25) is 28.7 Å². The van der Waals surface area contributed by atoms with Crippen LogP contribution in [-0.2, 0) is 25.6 Å². The molecule has 0 aliphatic carbocycles. The van der Waals surface area contributed by atoms with Gasteiger partial charge in [0.1, 0.15) is 22.9 Å². The van der Waals surface area contributed by atoms with Crippen molar-refractivity contribution in [2.45, 2.75) is 58.5 Å². The van der Waals surface area contributed by atoms with Gasteiger partial charge in [0, 0.05) is 64.6 Å². The summed E-state index contributed by atoms with van der Waals surface area (Å²) in [7, 11) is 0. The molecule has 2 aromatic heterocycles. The summed E-state index contributed by atoms with van der Waals surface area (Å²) >= 11 is 32.9. The van der Waals surface area contributed by atoms with E-state index >= 15 is 0 Å². The van der Waals surface area contributed by atoms with E-state index in [1.807, 2.05) is 66.1 Å². The second kappa shape index (κ2) is 21.4. The Morgan fingerprint density at radius 1 is 0.794 bits per heavy atom. The first-order chi connectivity index (χ1) is 32.6. The van der Waals surface area contributed by atoms with E-state index in [1.54, 1.807) is 64.8 Å². The summed E-state index contributed by atoms with van der Waals surface area (Å²) in [5.41, 5.74) is 6.40. The predicted octanol–water partition coefficient (Wildman–Crippen LogP) is 11.0. The molecule has 0 radical (unpaired) electrons. The molecule has 0 spiro atoms. The summed E-state index contributed by atoms with van der Waals surface area (Å²) in [4.78, 5) is 64.0. The van der Waals surface area contributed by atoms with Gasteiger partial charge >= 0.3 is 0 Å². The minimum Gasteiger partial charge on any atom is -0.356 e. The zero-order chi connectivity index (χ0) is 48.2. The summed E-state index contributed by atoms with van der Waals surface area (Å²) < 4.78 is 1.99. The van der Waals surface area contributed by atoms with Crippen LogP contribution >= 0.6 is 69.3 Å². The number of fused-ring (bicyclic) bond motifs is 3. The number of aromatic nitrogens is 3. The van der Waals surface area contributed by atoms with E-state index < -0.39 is 12.1 Å². The van der Waals surface area contributed by atoms with Gasteiger partial charge in [0.2, 0.25) is 17.7 Å². The van der Waals surface area contributed by atoms with Crippen molar-refractivity contribution in [2.75, 3.05) is 19.6 Å². The molecule has 4 aromatic carbocycles. The molecule has 4 heterocycles. The number of benzene rings is 4. The number of nitrogens with one attached hydrogen (secondary N) is 2. The first-order valence-electron chi connectivity index (χ1n) is 21.7. The average Bonchev–Trinajstić information content (AvgIpc) is 3.80. The number of amides is 3. The second-order valence-corrected chi connectivity index (χ2v) is 19.9. The van der Waals surface area contributed by atoms with E-state index in [0.717, 1.165) is 37.8 Å². The molecule has 3 amide bonds. The number of aliphatic imine (C=N–C) groups is 1. The summed E-state index contributed by atoms with van der Waals surface area (Å²) in [5.74, 6) is -0.0436. The molecule has 0 bridgehead atoms. The van der Waals surface area contributed by atoms with Crippen LogP contribution in [-0.4, -0.2) is 74.6 Å². The number of carbonyl (C=O) groups is 4. The van der Waals surface area contributed by atoms with Crippen molar-refractivity contribution >= 4 is 111 Å². The molecule has 2 aliphatic heterocycles. The molecule has 2 atom stereocenters. The number of likely N-dealkylation sites (tertiary alicyclic amines) is 1. The Morgan fingerprint density at radius 2 is 1.43 bits per heavy atom. The molecule has 348 valence electrons. The van der Waals surface area contributed by atoms with E-state index in [9.17, 15) is 19.2 Å². The Bertz CT molecular complexity index is 2960. The van der Waals surface area contributed by atoms with Crippen LogP contribution in [0.15, 0.2) is 107 Å². The van der Waals surface area contributed by atoms with Gasteiger partial charge in [-0.25, -0.2) is 0 Å². The second-order valence-electron chi connectivity index (χ2n) is 16.6. The molecule has 0 saturated carbocycles. The van der Waals surface area contributed by atoms with Gasteiger partial charge in [-0.2, -0.15) is 0 Å². The van der Waals surface area contributed by atoms with E-state index in [2.05, 4.69) is 34.7 Å². The fraction of sp³-hybridized carbons (Fsp3) is 0.235. The smallest absolute Gasteiger partial charge is 0.246 e. The Balaban J connectivity index is 0.971. The van der Waals surface area contributed by atoms with Crippen LogP contribution in [0.3, 0.4) is 0 Å². The highest BCUT2D eigenvalue weighted by molar-refractivity contribution is 7.15. The Morgan fingerprint density at radius 3 is 2.04 bits per heavy atom. The van der Waals surface area contributed by atoms with Gasteiger partial charge in [0.05, 0.1) is 32.2 Å². The standard InChI is InChI=1S/C51H44Cl5N7O4S/c1-28-29(2)68-51-46(28)47(34-13-15-37(52)16-14-34)59-42(49-61-60-30(3)63(49)51)25-45(65)57-19-7-10-44(64)58-43(24-31-8-5-4-6-9-31)50(67)62-26-35(20-32-11-17-38(53)40(55)22-32)48(66)36(27-62)21-33-12-18-39(54)41(56)23-33/h4-6,8-9,11-18,20-23,42-43H,7,10,19,24-27H2,1-3H3,(H,57,65)(H,58,64)/b35-20+,36-21+/t42-,43-/m0/s1. The molecular formula is C51H44Cl5N7O4S. The number of halogens is 5. The fourth-order valence-electron chi connectivity index (χ4n) is 8.20. The maximum atomic E-state index is 14.7. The minimum atomic E-state index is -0.982. The van der Waals surface area contributed by atoms with Gasteiger partial charge in [-0.1, -0.05) is 113 Å².